The maximum absolute atomic E-state index is 5.94. The van der Waals surface area contributed by atoms with Crippen molar-refractivity contribution in [2.24, 2.45) is 17.1 Å². The molecule has 2 rings (SSSR count). The van der Waals surface area contributed by atoms with E-state index in [0.29, 0.717) is 17.3 Å². The molecule has 0 saturated heterocycles. The molecular formula is C15H24N2O. The van der Waals surface area contributed by atoms with E-state index in [-0.39, 0.29) is 0 Å². The summed E-state index contributed by atoms with van der Waals surface area (Å²) in [5.74, 6) is 1.86. The van der Waals surface area contributed by atoms with Crippen LogP contribution in [0.15, 0.2) is 18.3 Å². The number of pyridine rings is 1. The van der Waals surface area contributed by atoms with Gasteiger partial charge in [-0.2, -0.15) is 0 Å². The normalized spacial score (nSPS) is 26.9. The summed E-state index contributed by atoms with van der Waals surface area (Å²) >= 11 is 0. The lowest BCUT2D eigenvalue weighted by molar-refractivity contribution is 0.161. The maximum Gasteiger partial charge on any atom is 0.140 e. The van der Waals surface area contributed by atoms with Crippen molar-refractivity contribution in [1.82, 2.24) is 4.98 Å². The van der Waals surface area contributed by atoms with Crippen LogP contribution in [0.2, 0.25) is 0 Å². The summed E-state index contributed by atoms with van der Waals surface area (Å²) in [6, 6.07) is 3.92. The first-order valence-corrected chi connectivity index (χ1v) is 6.76. The molecular weight excluding hydrogens is 224 g/mol. The molecule has 3 heteroatoms. The average Bonchev–Trinajstić information content (AvgIpc) is 2.37. The topological polar surface area (TPSA) is 48.1 Å². The molecule has 2 unspecified atom stereocenters. The molecule has 0 amide bonds. The lowest BCUT2D eigenvalue weighted by atomic mass is 9.66. The van der Waals surface area contributed by atoms with Gasteiger partial charge in [-0.15, -0.1) is 0 Å². The number of hydrogen-bond acceptors (Lipinski definition) is 3. The minimum Gasteiger partial charge on any atom is -0.495 e. The predicted octanol–water partition coefficient (Wildman–Crippen LogP) is 2.96. The zero-order chi connectivity index (χ0) is 13.2. The van der Waals surface area contributed by atoms with Crippen molar-refractivity contribution in [1.29, 1.82) is 0 Å². The van der Waals surface area contributed by atoms with E-state index in [1.54, 1.807) is 7.11 Å². The fourth-order valence-electron chi connectivity index (χ4n) is 3.10. The van der Waals surface area contributed by atoms with Crippen molar-refractivity contribution in [3.05, 3.63) is 24.0 Å². The fourth-order valence-corrected chi connectivity index (χ4v) is 3.10. The molecule has 2 N–H and O–H groups in total. The summed E-state index contributed by atoms with van der Waals surface area (Å²) in [5.41, 5.74) is 7.40. The zero-order valence-electron chi connectivity index (χ0n) is 11.6. The summed E-state index contributed by atoms with van der Waals surface area (Å²) in [6.07, 6.45) is 5.43. The van der Waals surface area contributed by atoms with Crippen molar-refractivity contribution in [2.45, 2.75) is 39.0 Å². The van der Waals surface area contributed by atoms with Crippen LogP contribution in [0.1, 0.15) is 44.7 Å². The van der Waals surface area contributed by atoms with Crippen molar-refractivity contribution >= 4 is 0 Å². The predicted molar refractivity (Wildman–Crippen MR) is 73.7 cm³/mol. The molecule has 1 fully saturated rings. The number of ether oxygens (including phenoxy) is 1. The zero-order valence-corrected chi connectivity index (χ0v) is 11.6. The lowest BCUT2D eigenvalue weighted by Crippen LogP contribution is -2.33. The Balaban J connectivity index is 2.32. The fraction of sp³-hybridized carbons (Fsp3) is 0.667. The third-order valence-electron chi connectivity index (χ3n) is 4.21. The van der Waals surface area contributed by atoms with E-state index in [1.165, 1.54) is 12.8 Å². The van der Waals surface area contributed by atoms with Crippen LogP contribution < -0.4 is 10.5 Å². The largest absolute Gasteiger partial charge is 0.495 e. The van der Waals surface area contributed by atoms with Gasteiger partial charge in [0.05, 0.1) is 12.8 Å². The minimum absolute atomic E-state index is 0.374. The highest BCUT2D eigenvalue weighted by atomic mass is 16.5. The van der Waals surface area contributed by atoms with Crippen LogP contribution in [0.3, 0.4) is 0 Å². The smallest absolute Gasteiger partial charge is 0.140 e. The number of nitrogens with two attached hydrogens (primary N) is 1. The Kier molecular flexibility index (Phi) is 3.91. The highest BCUT2D eigenvalue weighted by Crippen LogP contribution is 2.47. The highest BCUT2D eigenvalue weighted by molar-refractivity contribution is 5.31. The van der Waals surface area contributed by atoms with Crippen LogP contribution in [-0.2, 0) is 0 Å². The highest BCUT2D eigenvalue weighted by Gasteiger charge is 2.36. The van der Waals surface area contributed by atoms with Crippen molar-refractivity contribution in [3.63, 3.8) is 0 Å². The molecule has 0 spiro atoms. The second-order valence-electron chi connectivity index (χ2n) is 6.10. The lowest BCUT2D eigenvalue weighted by Gasteiger charge is -2.40. The SMILES string of the molecule is COc1cccnc1C1CC(C)(C)CCC1CN. The quantitative estimate of drug-likeness (QED) is 0.894. The second kappa shape index (κ2) is 5.27. The van der Waals surface area contributed by atoms with Gasteiger partial charge in [-0.05, 0) is 49.3 Å². The molecule has 2 atom stereocenters. The van der Waals surface area contributed by atoms with E-state index < -0.39 is 0 Å². The summed E-state index contributed by atoms with van der Waals surface area (Å²) in [4.78, 5) is 4.56. The summed E-state index contributed by atoms with van der Waals surface area (Å²) in [7, 11) is 1.71. The molecule has 0 bridgehead atoms. The molecule has 1 aliphatic rings. The number of rotatable bonds is 3. The molecule has 0 radical (unpaired) electrons. The third-order valence-corrected chi connectivity index (χ3v) is 4.21. The molecule has 100 valence electrons. The van der Waals surface area contributed by atoms with Gasteiger partial charge in [0.25, 0.3) is 0 Å². The van der Waals surface area contributed by atoms with Crippen LogP contribution in [0.4, 0.5) is 0 Å². The second-order valence-corrected chi connectivity index (χ2v) is 6.10. The van der Waals surface area contributed by atoms with E-state index in [0.717, 1.165) is 24.4 Å². The van der Waals surface area contributed by atoms with Gasteiger partial charge in [-0.1, -0.05) is 13.8 Å². The summed E-state index contributed by atoms with van der Waals surface area (Å²) in [5, 5.41) is 0. The van der Waals surface area contributed by atoms with Gasteiger partial charge < -0.3 is 10.5 Å². The van der Waals surface area contributed by atoms with Crippen molar-refractivity contribution in [2.75, 3.05) is 13.7 Å². The third kappa shape index (κ3) is 2.66. The molecule has 0 aromatic carbocycles. The summed E-state index contributed by atoms with van der Waals surface area (Å²) < 4.78 is 5.46. The van der Waals surface area contributed by atoms with Crippen molar-refractivity contribution in [3.8, 4) is 5.75 Å². The molecule has 1 aliphatic carbocycles. The van der Waals surface area contributed by atoms with Crippen LogP contribution in [-0.4, -0.2) is 18.6 Å². The Bertz CT molecular complexity index is 403. The number of aromatic nitrogens is 1. The summed E-state index contributed by atoms with van der Waals surface area (Å²) in [6.45, 7) is 5.41. The first-order valence-electron chi connectivity index (χ1n) is 6.76. The Morgan fingerprint density at radius 2 is 2.28 bits per heavy atom. The molecule has 18 heavy (non-hydrogen) atoms. The van der Waals surface area contributed by atoms with E-state index in [4.69, 9.17) is 10.5 Å². The Morgan fingerprint density at radius 1 is 1.50 bits per heavy atom. The minimum atomic E-state index is 0.374. The van der Waals surface area contributed by atoms with Gasteiger partial charge in [0.1, 0.15) is 5.75 Å². The molecule has 1 saturated carbocycles. The van der Waals surface area contributed by atoms with Gasteiger partial charge in [0.2, 0.25) is 0 Å². The van der Waals surface area contributed by atoms with Crippen LogP contribution in [0.25, 0.3) is 0 Å². The van der Waals surface area contributed by atoms with Crippen LogP contribution in [0, 0.1) is 11.3 Å². The molecule has 3 nitrogen and oxygen atoms in total. The Hall–Kier alpha value is -1.09. The van der Waals surface area contributed by atoms with Gasteiger partial charge in [-0.25, -0.2) is 0 Å². The van der Waals surface area contributed by atoms with Crippen molar-refractivity contribution < 1.29 is 4.74 Å². The average molecular weight is 248 g/mol. The van der Waals surface area contributed by atoms with Gasteiger partial charge in [-0.3, -0.25) is 4.98 Å². The Labute approximate surface area is 110 Å². The first kappa shape index (κ1) is 13.3. The van der Waals surface area contributed by atoms with Gasteiger partial charge in [0, 0.05) is 12.1 Å². The van der Waals surface area contributed by atoms with E-state index >= 15 is 0 Å². The van der Waals surface area contributed by atoms with Crippen LogP contribution >= 0.6 is 0 Å². The number of hydrogen-bond donors (Lipinski definition) is 1. The van der Waals surface area contributed by atoms with E-state index in [1.807, 2.05) is 18.3 Å². The monoisotopic (exact) mass is 248 g/mol. The van der Waals surface area contributed by atoms with Gasteiger partial charge >= 0.3 is 0 Å². The Morgan fingerprint density at radius 3 is 2.94 bits per heavy atom. The van der Waals surface area contributed by atoms with Crippen LogP contribution in [0.5, 0.6) is 5.75 Å². The van der Waals surface area contributed by atoms with E-state index in [9.17, 15) is 0 Å². The molecule has 1 heterocycles. The molecule has 1 aromatic rings. The maximum atomic E-state index is 5.94. The van der Waals surface area contributed by atoms with Gasteiger partial charge in [0.15, 0.2) is 0 Å². The standard InChI is InChI=1S/C15H24N2O/c1-15(2)7-6-11(10-16)12(9-15)14-13(18-3)5-4-8-17-14/h4-5,8,11-12H,6-7,9-10,16H2,1-3H3. The molecule has 0 aliphatic heterocycles. The van der Waals surface area contributed by atoms with E-state index in [2.05, 4.69) is 18.8 Å². The number of nitrogens with zero attached hydrogens (tertiary/aromatic N) is 1. The molecule has 1 aromatic heterocycles. The first-order chi connectivity index (χ1) is 8.57. The number of methoxy groups -OCH3 is 1.